The van der Waals surface area contributed by atoms with Crippen LogP contribution in [0.25, 0.3) is 17.1 Å². The summed E-state index contributed by atoms with van der Waals surface area (Å²) in [4.78, 5) is 11.2. The molecule has 6 heteroatoms. The predicted octanol–water partition coefficient (Wildman–Crippen LogP) is 5.31. The summed E-state index contributed by atoms with van der Waals surface area (Å²) >= 11 is 3.48. The third kappa shape index (κ3) is 3.55. The molecule has 0 fully saturated rings. The second-order valence-corrected chi connectivity index (χ2v) is 7.59. The molecule has 0 saturated heterocycles. The van der Waals surface area contributed by atoms with Gasteiger partial charge < -0.3 is 4.42 Å². The number of hydrogen-bond acceptors (Lipinski definition) is 4. The lowest BCUT2D eigenvalue weighted by Gasteiger charge is -2.06. The molecule has 0 spiro atoms. The number of aldehydes is 1. The number of aromatic nitrogens is 3. The Morgan fingerprint density at radius 2 is 1.89 bits per heavy atom. The second-order valence-electron chi connectivity index (χ2n) is 6.67. The van der Waals surface area contributed by atoms with Crippen molar-refractivity contribution in [3.05, 3.63) is 87.5 Å². The molecule has 0 N–H and O–H groups in total. The van der Waals surface area contributed by atoms with Crippen molar-refractivity contribution < 1.29 is 9.21 Å². The lowest BCUT2D eigenvalue weighted by molar-refractivity contribution is 0.112. The number of benzene rings is 2. The summed E-state index contributed by atoms with van der Waals surface area (Å²) in [6.45, 7) is 4.03. The Balaban J connectivity index is 1.70. The highest BCUT2D eigenvalue weighted by atomic mass is 79.9. The highest BCUT2D eigenvalue weighted by molar-refractivity contribution is 9.10. The molecule has 4 aromatic rings. The van der Waals surface area contributed by atoms with Crippen LogP contribution in [-0.4, -0.2) is 21.1 Å². The molecule has 28 heavy (non-hydrogen) atoms. The van der Waals surface area contributed by atoms with Gasteiger partial charge in [-0.3, -0.25) is 9.36 Å². The van der Waals surface area contributed by atoms with Gasteiger partial charge in [0.2, 0.25) is 5.89 Å². The maximum atomic E-state index is 11.2. The summed E-state index contributed by atoms with van der Waals surface area (Å²) in [6.07, 6.45) is 3.42. The lowest BCUT2D eigenvalue weighted by Crippen LogP contribution is -1.96. The summed E-state index contributed by atoms with van der Waals surface area (Å²) in [5, 5.41) is 8.41. The molecule has 5 nitrogen and oxygen atoms in total. The Hall–Kier alpha value is -2.99. The fourth-order valence-corrected chi connectivity index (χ4v) is 3.92. The Kier molecular flexibility index (Phi) is 4.96. The maximum absolute atomic E-state index is 11.2. The van der Waals surface area contributed by atoms with Gasteiger partial charge in [-0.05, 0) is 48.7 Å². The van der Waals surface area contributed by atoms with Crippen LogP contribution in [0.15, 0.2) is 63.6 Å². The SMILES string of the molecule is Cc1cn(-c2nnc(Cc3ccccc3)o2)c(C)c1-c1cc(Br)cc(C=O)c1. The van der Waals surface area contributed by atoms with Crippen LogP contribution in [0.3, 0.4) is 0 Å². The first-order chi connectivity index (χ1) is 13.5. The van der Waals surface area contributed by atoms with Crippen LogP contribution in [-0.2, 0) is 6.42 Å². The van der Waals surface area contributed by atoms with E-state index in [0.717, 1.165) is 38.7 Å². The third-order valence-corrected chi connectivity index (χ3v) is 5.10. The van der Waals surface area contributed by atoms with E-state index in [4.69, 9.17) is 4.42 Å². The molecule has 0 saturated carbocycles. The fourth-order valence-electron chi connectivity index (χ4n) is 3.40. The van der Waals surface area contributed by atoms with Crippen molar-refractivity contribution in [2.24, 2.45) is 0 Å². The topological polar surface area (TPSA) is 60.9 Å². The first kappa shape index (κ1) is 18.4. The molecule has 4 rings (SSSR count). The normalized spacial score (nSPS) is 11.0. The van der Waals surface area contributed by atoms with Gasteiger partial charge >= 0.3 is 6.01 Å². The van der Waals surface area contributed by atoms with Gasteiger partial charge in [0, 0.05) is 27.5 Å². The van der Waals surface area contributed by atoms with E-state index in [2.05, 4.69) is 26.1 Å². The standard InChI is InChI=1S/C22H18BrN3O2/c1-14-12-26(15(2)21(14)18-8-17(13-27)9-19(23)11-18)22-25-24-20(28-22)10-16-6-4-3-5-7-16/h3-9,11-13H,10H2,1-2H3. The molecule has 0 amide bonds. The predicted molar refractivity (Wildman–Crippen MR) is 111 cm³/mol. The molecule has 0 atom stereocenters. The third-order valence-electron chi connectivity index (χ3n) is 4.65. The molecule has 0 unspecified atom stereocenters. The number of carbonyl (C=O) groups excluding carboxylic acids is 1. The average molecular weight is 436 g/mol. The molecular weight excluding hydrogens is 418 g/mol. The zero-order valence-electron chi connectivity index (χ0n) is 15.5. The molecule has 140 valence electrons. The van der Waals surface area contributed by atoms with Gasteiger partial charge in [0.15, 0.2) is 0 Å². The van der Waals surface area contributed by atoms with Crippen molar-refractivity contribution in [3.8, 4) is 17.1 Å². The number of halogens is 1. The Morgan fingerprint density at radius 3 is 2.64 bits per heavy atom. The van der Waals surface area contributed by atoms with E-state index in [1.54, 1.807) is 6.07 Å². The summed E-state index contributed by atoms with van der Waals surface area (Å²) < 4.78 is 8.66. The minimum atomic E-state index is 0.434. The Labute approximate surface area is 171 Å². The number of rotatable bonds is 5. The zero-order chi connectivity index (χ0) is 19.7. The van der Waals surface area contributed by atoms with Gasteiger partial charge in [-0.15, -0.1) is 5.10 Å². The summed E-state index contributed by atoms with van der Waals surface area (Å²) in [5.41, 5.74) is 5.80. The van der Waals surface area contributed by atoms with Crippen molar-refractivity contribution in [1.29, 1.82) is 0 Å². The van der Waals surface area contributed by atoms with E-state index in [9.17, 15) is 4.79 Å². The van der Waals surface area contributed by atoms with E-state index in [0.29, 0.717) is 23.9 Å². The van der Waals surface area contributed by atoms with E-state index in [1.165, 1.54) is 0 Å². The molecule has 0 bridgehead atoms. The second kappa shape index (κ2) is 7.56. The van der Waals surface area contributed by atoms with Crippen LogP contribution in [0.4, 0.5) is 0 Å². The highest BCUT2D eigenvalue weighted by Gasteiger charge is 2.17. The molecule has 2 aromatic carbocycles. The van der Waals surface area contributed by atoms with Gasteiger partial charge in [0.25, 0.3) is 0 Å². The van der Waals surface area contributed by atoms with Crippen molar-refractivity contribution in [2.45, 2.75) is 20.3 Å². The fraction of sp³-hybridized carbons (Fsp3) is 0.136. The zero-order valence-corrected chi connectivity index (χ0v) is 17.1. The molecular formula is C22H18BrN3O2. The van der Waals surface area contributed by atoms with Crippen LogP contribution >= 0.6 is 15.9 Å². The van der Waals surface area contributed by atoms with Gasteiger partial charge in [-0.1, -0.05) is 51.4 Å². The summed E-state index contributed by atoms with van der Waals surface area (Å²) in [5.74, 6) is 0.569. The molecule has 0 radical (unpaired) electrons. The van der Waals surface area contributed by atoms with Crippen molar-refractivity contribution in [3.63, 3.8) is 0 Å². The summed E-state index contributed by atoms with van der Waals surface area (Å²) in [6, 6.07) is 16.1. The Morgan fingerprint density at radius 1 is 1.11 bits per heavy atom. The van der Waals surface area contributed by atoms with E-state index in [1.807, 2.05) is 67.1 Å². The van der Waals surface area contributed by atoms with Gasteiger partial charge in [0.1, 0.15) is 6.29 Å². The number of hydrogen-bond donors (Lipinski definition) is 0. The first-order valence-corrected chi connectivity index (χ1v) is 9.66. The van der Waals surface area contributed by atoms with Gasteiger partial charge in [-0.2, -0.15) is 0 Å². The molecule has 0 aliphatic heterocycles. The lowest BCUT2D eigenvalue weighted by atomic mass is 10.0. The van der Waals surface area contributed by atoms with Crippen molar-refractivity contribution >= 4 is 22.2 Å². The van der Waals surface area contributed by atoms with Gasteiger partial charge in [0.05, 0.1) is 6.42 Å². The smallest absolute Gasteiger partial charge is 0.326 e. The molecule has 2 heterocycles. The highest BCUT2D eigenvalue weighted by Crippen LogP contribution is 2.32. The summed E-state index contributed by atoms with van der Waals surface area (Å²) in [7, 11) is 0. The van der Waals surface area contributed by atoms with Crippen molar-refractivity contribution in [2.75, 3.05) is 0 Å². The van der Waals surface area contributed by atoms with Crippen LogP contribution in [0.5, 0.6) is 0 Å². The average Bonchev–Trinajstić information content (AvgIpc) is 3.25. The van der Waals surface area contributed by atoms with Gasteiger partial charge in [-0.25, -0.2) is 0 Å². The minimum Gasteiger partial charge on any atom is -0.407 e. The number of aryl methyl sites for hydroxylation is 1. The van der Waals surface area contributed by atoms with Crippen LogP contribution in [0.2, 0.25) is 0 Å². The Bertz CT molecular complexity index is 1150. The largest absolute Gasteiger partial charge is 0.407 e. The van der Waals surface area contributed by atoms with Crippen LogP contribution in [0.1, 0.15) is 33.1 Å². The first-order valence-electron chi connectivity index (χ1n) is 8.86. The quantitative estimate of drug-likeness (QED) is 0.398. The minimum absolute atomic E-state index is 0.434. The maximum Gasteiger partial charge on any atom is 0.326 e. The number of carbonyl (C=O) groups is 1. The van der Waals surface area contributed by atoms with Crippen LogP contribution < -0.4 is 0 Å². The monoisotopic (exact) mass is 435 g/mol. The van der Waals surface area contributed by atoms with Crippen molar-refractivity contribution in [1.82, 2.24) is 14.8 Å². The van der Waals surface area contributed by atoms with E-state index < -0.39 is 0 Å². The molecule has 0 aliphatic rings. The number of nitrogens with zero attached hydrogens (tertiary/aromatic N) is 3. The van der Waals surface area contributed by atoms with E-state index >= 15 is 0 Å². The van der Waals surface area contributed by atoms with E-state index in [-0.39, 0.29) is 0 Å². The van der Waals surface area contributed by atoms with Crippen LogP contribution in [0, 0.1) is 13.8 Å². The molecule has 2 aromatic heterocycles. The molecule has 0 aliphatic carbocycles.